The molecule has 2 aliphatic heterocycles. The highest BCUT2D eigenvalue weighted by atomic mass is 35.5. The van der Waals surface area contributed by atoms with E-state index < -0.39 is 0 Å². The zero-order chi connectivity index (χ0) is 16.0. The fraction of sp³-hybridized carbons (Fsp3) is 0.471. The topological polar surface area (TPSA) is 60.2 Å². The number of hydrogen-bond acceptors (Lipinski definition) is 3. The van der Waals surface area contributed by atoms with Gasteiger partial charge in [-0.2, -0.15) is 0 Å². The first kappa shape index (κ1) is 15.0. The van der Waals surface area contributed by atoms with Crippen molar-refractivity contribution < 1.29 is 4.79 Å². The molecule has 0 unspecified atom stereocenters. The lowest BCUT2D eigenvalue weighted by atomic mass is 9.80. The molecule has 4 rings (SSSR count). The fourth-order valence-electron chi connectivity index (χ4n) is 4.10. The minimum absolute atomic E-state index is 0.161. The van der Waals surface area contributed by atoms with Crippen molar-refractivity contribution in [2.75, 3.05) is 33.2 Å². The Kier molecular flexibility index (Phi) is 3.59. The third kappa shape index (κ3) is 2.53. The van der Waals surface area contributed by atoms with Crippen LogP contribution in [0.4, 0.5) is 0 Å². The van der Waals surface area contributed by atoms with Crippen molar-refractivity contribution >= 4 is 28.4 Å². The summed E-state index contributed by atoms with van der Waals surface area (Å²) in [7, 11) is 2.09. The summed E-state index contributed by atoms with van der Waals surface area (Å²) < 4.78 is 0. The van der Waals surface area contributed by atoms with Crippen LogP contribution in [0.3, 0.4) is 0 Å². The van der Waals surface area contributed by atoms with Gasteiger partial charge in [-0.1, -0.05) is 11.6 Å². The molecular weight excluding hydrogens is 312 g/mol. The second kappa shape index (κ2) is 5.51. The fourth-order valence-corrected chi connectivity index (χ4v) is 4.28. The van der Waals surface area contributed by atoms with E-state index in [1.807, 2.05) is 24.3 Å². The summed E-state index contributed by atoms with van der Waals surface area (Å²) in [5.74, 6) is 0.572. The number of nitrogens with one attached hydrogen (secondary N) is 3. The van der Waals surface area contributed by atoms with Gasteiger partial charge in [0.05, 0.1) is 12.0 Å². The SMILES string of the molecule is CN1C[C@H]2CNC[C@@]2(C(=O)NCc2cc3cc(Cl)ccc3[nH]2)C1. The van der Waals surface area contributed by atoms with Gasteiger partial charge in [-0.3, -0.25) is 4.79 Å². The molecule has 2 aliphatic rings. The van der Waals surface area contributed by atoms with Crippen LogP contribution in [0, 0.1) is 11.3 Å². The zero-order valence-corrected chi connectivity index (χ0v) is 13.9. The lowest BCUT2D eigenvalue weighted by Crippen LogP contribution is -2.46. The van der Waals surface area contributed by atoms with Crippen LogP contribution in [-0.2, 0) is 11.3 Å². The highest BCUT2D eigenvalue weighted by Gasteiger charge is 2.53. The summed E-state index contributed by atoms with van der Waals surface area (Å²) in [6.07, 6.45) is 0. The number of carbonyl (C=O) groups excluding carboxylic acids is 1. The molecule has 2 saturated heterocycles. The average Bonchev–Trinajstić information content (AvgIpc) is 3.15. The van der Waals surface area contributed by atoms with Gasteiger partial charge in [-0.05, 0) is 31.3 Å². The van der Waals surface area contributed by atoms with E-state index in [0.717, 1.165) is 47.8 Å². The molecule has 0 saturated carbocycles. The maximum atomic E-state index is 12.8. The van der Waals surface area contributed by atoms with Crippen LogP contribution in [0.15, 0.2) is 24.3 Å². The molecule has 1 amide bonds. The molecule has 1 aromatic carbocycles. The number of hydrogen-bond donors (Lipinski definition) is 3. The molecule has 1 aromatic heterocycles. The molecule has 122 valence electrons. The highest BCUT2D eigenvalue weighted by Crippen LogP contribution is 2.38. The van der Waals surface area contributed by atoms with Crippen molar-refractivity contribution in [2.24, 2.45) is 11.3 Å². The predicted octanol–water partition coefficient (Wildman–Crippen LogP) is 1.59. The summed E-state index contributed by atoms with van der Waals surface area (Å²) in [6, 6.07) is 7.81. The summed E-state index contributed by atoms with van der Waals surface area (Å²) in [6.45, 7) is 4.05. The lowest BCUT2D eigenvalue weighted by molar-refractivity contribution is -0.130. The molecule has 2 fully saturated rings. The van der Waals surface area contributed by atoms with Crippen LogP contribution < -0.4 is 10.6 Å². The van der Waals surface area contributed by atoms with Gasteiger partial charge in [-0.25, -0.2) is 0 Å². The molecule has 0 spiro atoms. The Labute approximate surface area is 140 Å². The molecule has 3 heterocycles. The standard InChI is InChI=1S/C17H21ClN4O/c1-22-8-12-6-19-9-17(12,10-22)16(23)20-7-14-5-11-4-13(18)2-3-15(11)21-14/h2-5,12,19,21H,6-10H2,1H3,(H,20,23)/t12-,17-/m1/s1. The summed E-state index contributed by atoms with van der Waals surface area (Å²) in [5.41, 5.74) is 1.77. The number of aromatic amines is 1. The molecule has 3 N–H and O–H groups in total. The number of aromatic nitrogens is 1. The third-order valence-electron chi connectivity index (χ3n) is 5.23. The quantitative estimate of drug-likeness (QED) is 0.800. The van der Waals surface area contributed by atoms with E-state index in [4.69, 9.17) is 11.6 Å². The average molecular weight is 333 g/mol. The number of likely N-dealkylation sites (tertiary alicyclic amines) is 1. The number of carbonyl (C=O) groups is 1. The molecule has 0 aliphatic carbocycles. The number of fused-ring (bicyclic) bond motifs is 2. The predicted molar refractivity (Wildman–Crippen MR) is 91.4 cm³/mol. The smallest absolute Gasteiger partial charge is 0.229 e. The maximum Gasteiger partial charge on any atom is 0.229 e. The summed E-state index contributed by atoms with van der Waals surface area (Å²) in [4.78, 5) is 18.4. The van der Waals surface area contributed by atoms with E-state index in [9.17, 15) is 4.79 Å². The highest BCUT2D eigenvalue weighted by molar-refractivity contribution is 6.31. The molecule has 0 radical (unpaired) electrons. The Hall–Kier alpha value is -1.56. The monoisotopic (exact) mass is 332 g/mol. The Morgan fingerprint density at radius 1 is 1.48 bits per heavy atom. The van der Waals surface area contributed by atoms with Gasteiger partial charge in [-0.15, -0.1) is 0 Å². The maximum absolute atomic E-state index is 12.8. The van der Waals surface area contributed by atoms with Crippen molar-refractivity contribution in [3.8, 4) is 0 Å². The van der Waals surface area contributed by atoms with Crippen molar-refractivity contribution in [1.82, 2.24) is 20.5 Å². The first-order valence-corrected chi connectivity index (χ1v) is 8.39. The second-order valence-electron chi connectivity index (χ2n) is 6.89. The largest absolute Gasteiger partial charge is 0.357 e. The van der Waals surface area contributed by atoms with Gasteiger partial charge >= 0.3 is 0 Å². The van der Waals surface area contributed by atoms with Gasteiger partial charge < -0.3 is 20.5 Å². The number of halogens is 1. The Morgan fingerprint density at radius 2 is 2.35 bits per heavy atom. The lowest BCUT2D eigenvalue weighted by Gasteiger charge is -2.26. The Balaban J connectivity index is 1.48. The number of benzene rings is 1. The van der Waals surface area contributed by atoms with Crippen molar-refractivity contribution in [3.63, 3.8) is 0 Å². The molecule has 2 aromatic rings. The minimum Gasteiger partial charge on any atom is -0.357 e. The van der Waals surface area contributed by atoms with Crippen LogP contribution in [0.25, 0.3) is 10.9 Å². The Morgan fingerprint density at radius 3 is 3.22 bits per heavy atom. The first-order valence-electron chi connectivity index (χ1n) is 8.01. The van der Waals surface area contributed by atoms with Crippen LogP contribution >= 0.6 is 11.6 Å². The third-order valence-corrected chi connectivity index (χ3v) is 5.46. The molecule has 5 nitrogen and oxygen atoms in total. The number of rotatable bonds is 3. The van der Waals surface area contributed by atoms with E-state index in [0.29, 0.717) is 12.5 Å². The minimum atomic E-state index is -0.274. The number of H-pyrrole nitrogens is 1. The van der Waals surface area contributed by atoms with Crippen molar-refractivity contribution in [3.05, 3.63) is 35.0 Å². The van der Waals surface area contributed by atoms with Crippen LogP contribution in [0.2, 0.25) is 5.02 Å². The van der Waals surface area contributed by atoms with E-state index in [1.165, 1.54) is 0 Å². The van der Waals surface area contributed by atoms with E-state index in [1.54, 1.807) is 0 Å². The van der Waals surface area contributed by atoms with Gasteiger partial charge in [0.1, 0.15) is 0 Å². The number of amides is 1. The van der Waals surface area contributed by atoms with E-state index in [-0.39, 0.29) is 11.3 Å². The second-order valence-corrected chi connectivity index (χ2v) is 7.33. The summed E-state index contributed by atoms with van der Waals surface area (Å²) in [5, 5.41) is 8.30. The van der Waals surface area contributed by atoms with Gasteiger partial charge in [0.25, 0.3) is 0 Å². The molecule has 23 heavy (non-hydrogen) atoms. The zero-order valence-electron chi connectivity index (χ0n) is 13.2. The number of nitrogens with zero attached hydrogens (tertiary/aromatic N) is 1. The normalized spacial score (nSPS) is 27.5. The van der Waals surface area contributed by atoms with E-state index in [2.05, 4.69) is 27.6 Å². The van der Waals surface area contributed by atoms with Crippen LogP contribution in [0.1, 0.15) is 5.69 Å². The Bertz CT molecular complexity index is 758. The van der Waals surface area contributed by atoms with Crippen molar-refractivity contribution in [1.29, 1.82) is 0 Å². The van der Waals surface area contributed by atoms with Gasteiger partial charge in [0.2, 0.25) is 5.91 Å². The van der Waals surface area contributed by atoms with Gasteiger partial charge in [0, 0.05) is 53.7 Å². The van der Waals surface area contributed by atoms with Gasteiger partial charge in [0.15, 0.2) is 0 Å². The van der Waals surface area contributed by atoms with E-state index >= 15 is 0 Å². The van der Waals surface area contributed by atoms with Crippen LogP contribution in [0.5, 0.6) is 0 Å². The molecule has 0 bridgehead atoms. The first-order chi connectivity index (χ1) is 11.1. The summed E-state index contributed by atoms with van der Waals surface area (Å²) >= 11 is 6.02. The van der Waals surface area contributed by atoms with Crippen LogP contribution in [-0.4, -0.2) is 49.0 Å². The molecule has 2 atom stereocenters. The molecular formula is C17H21ClN4O. The van der Waals surface area contributed by atoms with Crippen molar-refractivity contribution in [2.45, 2.75) is 6.54 Å². The molecule has 6 heteroatoms.